The quantitative estimate of drug-likeness (QED) is 0.213. The maximum Gasteiger partial charge on any atom is 0.100 e. The molecule has 8 aromatic rings. The zero-order valence-electron chi connectivity index (χ0n) is 22.3. The number of nitriles is 2. The van der Waals surface area contributed by atoms with Gasteiger partial charge in [-0.2, -0.15) is 10.5 Å². The summed E-state index contributed by atoms with van der Waals surface area (Å²) in [4.78, 5) is 0. The van der Waals surface area contributed by atoms with Crippen molar-refractivity contribution in [1.29, 1.82) is 10.5 Å². The van der Waals surface area contributed by atoms with Gasteiger partial charge in [-0.05, 0) is 65.2 Å². The van der Waals surface area contributed by atoms with Crippen molar-refractivity contribution < 1.29 is 0 Å². The molecule has 4 heteroatoms. The molecule has 42 heavy (non-hydrogen) atoms. The van der Waals surface area contributed by atoms with Crippen LogP contribution in [0.25, 0.3) is 73.7 Å². The van der Waals surface area contributed by atoms with E-state index in [4.69, 9.17) is 0 Å². The van der Waals surface area contributed by atoms with Crippen LogP contribution in [-0.2, 0) is 0 Å². The SMILES string of the molecule is N#Cc1ccc(-c2cc(-c3ccc4sc5ccccc5c4c3)c(C#N)c(-c3cccc4c3sc3ccccc34)c2)cc1. The Morgan fingerprint density at radius 2 is 1.07 bits per heavy atom. The summed E-state index contributed by atoms with van der Waals surface area (Å²) in [6.45, 7) is 0. The van der Waals surface area contributed by atoms with E-state index >= 15 is 0 Å². The Kier molecular flexibility index (Phi) is 5.66. The van der Waals surface area contributed by atoms with Gasteiger partial charge in [-0.25, -0.2) is 0 Å². The first-order chi connectivity index (χ1) is 20.7. The third-order valence-electron chi connectivity index (χ3n) is 7.98. The number of rotatable bonds is 3. The summed E-state index contributed by atoms with van der Waals surface area (Å²) in [5.74, 6) is 0. The van der Waals surface area contributed by atoms with Crippen molar-refractivity contribution in [2.45, 2.75) is 0 Å². The maximum atomic E-state index is 10.7. The fraction of sp³-hybridized carbons (Fsp3) is 0. The first-order valence-corrected chi connectivity index (χ1v) is 15.3. The third-order valence-corrected chi connectivity index (χ3v) is 10.4. The predicted octanol–water partition coefficient (Wildman–Crippen LogP) is 11.2. The molecular weight excluding hydrogens is 549 g/mol. The number of hydrogen-bond donors (Lipinski definition) is 0. The lowest BCUT2D eigenvalue weighted by molar-refractivity contribution is 1.47. The smallest absolute Gasteiger partial charge is 0.100 e. The molecular formula is C38H20N2S2. The first kappa shape index (κ1) is 24.5. The van der Waals surface area contributed by atoms with E-state index in [0.29, 0.717) is 11.1 Å². The van der Waals surface area contributed by atoms with E-state index in [1.54, 1.807) is 22.7 Å². The monoisotopic (exact) mass is 568 g/mol. The van der Waals surface area contributed by atoms with Gasteiger partial charge in [0.15, 0.2) is 0 Å². The Bertz CT molecular complexity index is 2430. The number of benzene rings is 6. The minimum Gasteiger partial charge on any atom is -0.192 e. The topological polar surface area (TPSA) is 47.6 Å². The molecule has 0 saturated carbocycles. The zero-order chi connectivity index (χ0) is 28.2. The number of thiophene rings is 2. The second-order valence-electron chi connectivity index (χ2n) is 10.3. The van der Waals surface area contributed by atoms with Crippen molar-refractivity contribution in [2.24, 2.45) is 0 Å². The normalized spacial score (nSPS) is 11.3. The van der Waals surface area contributed by atoms with Gasteiger partial charge in [-0.1, -0.05) is 72.8 Å². The standard InChI is InChI=1S/C38H20N2S2/c39-21-23-12-14-24(15-13-23)26-19-31(25-16-17-37-33(18-25)28-7-2-3-10-35(28)41-37)34(22-40)32(20-26)30-9-5-8-29-27-6-1-4-11-36(27)42-38(29)30/h1-20H. The van der Waals surface area contributed by atoms with E-state index in [1.165, 1.54) is 40.3 Å². The lowest BCUT2D eigenvalue weighted by Crippen LogP contribution is -1.93. The van der Waals surface area contributed by atoms with Crippen LogP contribution in [0, 0.1) is 22.7 Å². The molecule has 2 heterocycles. The summed E-state index contributed by atoms with van der Waals surface area (Å²) < 4.78 is 4.90. The molecule has 0 aliphatic carbocycles. The van der Waals surface area contributed by atoms with Crippen LogP contribution in [0.3, 0.4) is 0 Å². The number of fused-ring (bicyclic) bond motifs is 6. The van der Waals surface area contributed by atoms with E-state index < -0.39 is 0 Å². The highest BCUT2D eigenvalue weighted by Crippen LogP contribution is 2.45. The van der Waals surface area contributed by atoms with E-state index in [-0.39, 0.29) is 0 Å². The van der Waals surface area contributed by atoms with Crippen LogP contribution in [0.4, 0.5) is 0 Å². The molecule has 0 aliphatic rings. The van der Waals surface area contributed by atoms with Gasteiger partial charge >= 0.3 is 0 Å². The molecule has 2 nitrogen and oxygen atoms in total. The molecule has 0 N–H and O–H groups in total. The summed E-state index contributed by atoms with van der Waals surface area (Å²) in [7, 11) is 0. The van der Waals surface area contributed by atoms with Gasteiger partial charge in [0.25, 0.3) is 0 Å². The van der Waals surface area contributed by atoms with Crippen LogP contribution in [0.5, 0.6) is 0 Å². The molecule has 8 rings (SSSR count). The minimum absolute atomic E-state index is 0.623. The van der Waals surface area contributed by atoms with Crippen LogP contribution < -0.4 is 0 Å². The summed E-state index contributed by atoms with van der Waals surface area (Å²) in [6, 6.07) is 46.7. The van der Waals surface area contributed by atoms with Gasteiger partial charge < -0.3 is 0 Å². The molecule has 0 amide bonds. The van der Waals surface area contributed by atoms with Crippen molar-refractivity contribution >= 4 is 63.0 Å². The second-order valence-corrected chi connectivity index (χ2v) is 12.5. The van der Waals surface area contributed by atoms with Crippen LogP contribution >= 0.6 is 22.7 Å². The van der Waals surface area contributed by atoms with Crippen molar-refractivity contribution in [3.8, 4) is 45.5 Å². The molecule has 0 atom stereocenters. The van der Waals surface area contributed by atoms with Gasteiger partial charge in [0, 0.05) is 57.0 Å². The Labute approximate surface area is 250 Å². The maximum absolute atomic E-state index is 10.7. The molecule has 0 aliphatic heterocycles. The Hall–Kier alpha value is -5.26. The fourth-order valence-corrected chi connectivity index (χ4v) is 8.28. The Morgan fingerprint density at radius 3 is 1.83 bits per heavy atom. The third kappa shape index (κ3) is 3.82. The van der Waals surface area contributed by atoms with Crippen molar-refractivity contribution in [2.75, 3.05) is 0 Å². The molecule has 0 saturated heterocycles. The zero-order valence-corrected chi connectivity index (χ0v) is 23.9. The van der Waals surface area contributed by atoms with Crippen LogP contribution in [0.2, 0.25) is 0 Å². The lowest BCUT2D eigenvalue weighted by atomic mass is 9.87. The Morgan fingerprint density at radius 1 is 0.429 bits per heavy atom. The van der Waals surface area contributed by atoms with Gasteiger partial charge in [-0.3, -0.25) is 0 Å². The summed E-state index contributed by atoms with van der Waals surface area (Å²) in [5, 5.41) is 25.0. The Balaban J connectivity index is 1.44. The fourth-order valence-electron chi connectivity index (χ4n) is 5.96. The molecule has 6 aromatic carbocycles. The van der Waals surface area contributed by atoms with Crippen LogP contribution in [0.1, 0.15) is 11.1 Å². The summed E-state index contributed by atoms with van der Waals surface area (Å²) in [6.07, 6.45) is 0. The highest BCUT2D eigenvalue weighted by atomic mass is 32.1. The van der Waals surface area contributed by atoms with Crippen molar-refractivity contribution in [3.05, 3.63) is 132 Å². The number of nitrogens with zero attached hydrogens (tertiary/aromatic N) is 2. The summed E-state index contributed by atoms with van der Waals surface area (Å²) in [5.41, 5.74) is 7.20. The highest BCUT2D eigenvalue weighted by molar-refractivity contribution is 7.26. The molecule has 2 aromatic heterocycles. The minimum atomic E-state index is 0.623. The van der Waals surface area contributed by atoms with E-state index in [2.05, 4.69) is 109 Å². The van der Waals surface area contributed by atoms with Gasteiger partial charge in [0.05, 0.1) is 17.2 Å². The van der Waals surface area contributed by atoms with Crippen molar-refractivity contribution in [1.82, 2.24) is 0 Å². The largest absolute Gasteiger partial charge is 0.192 e. The van der Waals surface area contributed by atoms with Crippen LogP contribution in [0.15, 0.2) is 121 Å². The highest BCUT2D eigenvalue weighted by Gasteiger charge is 2.19. The van der Waals surface area contributed by atoms with Crippen molar-refractivity contribution in [3.63, 3.8) is 0 Å². The predicted molar refractivity (Wildman–Crippen MR) is 178 cm³/mol. The lowest BCUT2D eigenvalue weighted by Gasteiger charge is -2.15. The van der Waals surface area contributed by atoms with Crippen LogP contribution in [-0.4, -0.2) is 0 Å². The van der Waals surface area contributed by atoms with Gasteiger partial charge in [-0.15, -0.1) is 22.7 Å². The second kappa shape index (κ2) is 9.68. The van der Waals surface area contributed by atoms with Gasteiger partial charge in [0.1, 0.15) is 6.07 Å². The average Bonchev–Trinajstić information content (AvgIpc) is 3.62. The molecule has 0 radical (unpaired) electrons. The summed E-state index contributed by atoms with van der Waals surface area (Å²) >= 11 is 3.56. The van der Waals surface area contributed by atoms with E-state index in [0.717, 1.165) is 33.4 Å². The van der Waals surface area contributed by atoms with Gasteiger partial charge in [0.2, 0.25) is 0 Å². The molecule has 0 unspecified atom stereocenters. The number of hydrogen-bond acceptors (Lipinski definition) is 4. The first-order valence-electron chi connectivity index (χ1n) is 13.6. The average molecular weight is 569 g/mol. The molecule has 0 spiro atoms. The molecule has 0 bridgehead atoms. The van der Waals surface area contributed by atoms with E-state index in [9.17, 15) is 10.5 Å². The molecule has 194 valence electrons. The molecule has 0 fully saturated rings. The van der Waals surface area contributed by atoms with E-state index in [1.807, 2.05) is 24.3 Å².